The van der Waals surface area contributed by atoms with E-state index < -0.39 is 0 Å². The molecule has 0 atom stereocenters. The van der Waals surface area contributed by atoms with Crippen molar-refractivity contribution in [2.24, 2.45) is 0 Å². The minimum atomic E-state index is -0.376. The van der Waals surface area contributed by atoms with Crippen LogP contribution < -0.4 is 5.73 Å². The number of hydrogen-bond donors (Lipinski definition) is 1. The van der Waals surface area contributed by atoms with Gasteiger partial charge in [0.1, 0.15) is 6.10 Å². The summed E-state index contributed by atoms with van der Waals surface area (Å²) in [6, 6.07) is 0. The highest BCUT2D eigenvalue weighted by atomic mass is 16.5. The van der Waals surface area contributed by atoms with Crippen LogP contribution in [0.1, 0.15) is 49.8 Å². The van der Waals surface area contributed by atoms with Crippen molar-refractivity contribution in [2.45, 2.75) is 53.2 Å². The zero-order chi connectivity index (χ0) is 13.0. The first-order valence-electron chi connectivity index (χ1n) is 6.08. The summed E-state index contributed by atoms with van der Waals surface area (Å²) in [5.74, 6) is -0.376. The first-order valence-corrected chi connectivity index (χ1v) is 6.08. The first kappa shape index (κ1) is 13.5. The Balaban J connectivity index is 2.95. The summed E-state index contributed by atoms with van der Waals surface area (Å²) < 4.78 is 6.98. The molecule has 0 saturated carbocycles. The molecule has 2 N–H and O–H groups in total. The van der Waals surface area contributed by atoms with Gasteiger partial charge in [0, 0.05) is 6.54 Å². The van der Waals surface area contributed by atoms with Gasteiger partial charge < -0.3 is 10.5 Å². The predicted octanol–water partition coefficient (Wildman–Crippen LogP) is 2.14. The van der Waals surface area contributed by atoms with E-state index in [0.29, 0.717) is 23.6 Å². The molecule has 0 aromatic carbocycles. The van der Waals surface area contributed by atoms with Crippen molar-refractivity contribution in [3.8, 4) is 0 Å². The molecule has 0 amide bonds. The maximum Gasteiger partial charge on any atom is 0.359 e. The Kier molecular flexibility index (Phi) is 4.54. The van der Waals surface area contributed by atoms with Gasteiger partial charge in [-0.2, -0.15) is 5.10 Å². The van der Waals surface area contributed by atoms with Crippen LogP contribution in [0.15, 0.2) is 0 Å². The molecule has 0 aliphatic carbocycles. The van der Waals surface area contributed by atoms with Crippen molar-refractivity contribution in [1.29, 1.82) is 0 Å². The van der Waals surface area contributed by atoms with Gasteiger partial charge in [-0.15, -0.1) is 0 Å². The van der Waals surface area contributed by atoms with Crippen molar-refractivity contribution in [3.05, 3.63) is 11.4 Å². The molecule has 5 heteroatoms. The second kappa shape index (κ2) is 5.70. The predicted molar refractivity (Wildman–Crippen MR) is 66.8 cm³/mol. The lowest BCUT2D eigenvalue weighted by atomic mass is 10.2. The summed E-state index contributed by atoms with van der Waals surface area (Å²) in [4.78, 5) is 12.0. The van der Waals surface area contributed by atoms with Crippen LogP contribution in [0.3, 0.4) is 0 Å². The van der Waals surface area contributed by atoms with Crippen LogP contribution in [0.25, 0.3) is 0 Å². The molecule has 0 saturated heterocycles. The summed E-state index contributed by atoms with van der Waals surface area (Å²) in [5, 5.41) is 4.20. The number of anilines is 1. The first-order chi connectivity index (χ1) is 8.04. The number of nitrogen functional groups attached to an aromatic ring is 1. The highest BCUT2D eigenvalue weighted by Crippen LogP contribution is 2.19. The fourth-order valence-corrected chi connectivity index (χ4v) is 1.70. The molecule has 5 nitrogen and oxygen atoms in total. The van der Waals surface area contributed by atoms with Gasteiger partial charge in [-0.3, -0.25) is 4.68 Å². The van der Waals surface area contributed by atoms with Crippen molar-refractivity contribution in [1.82, 2.24) is 9.78 Å². The highest BCUT2D eigenvalue weighted by Gasteiger charge is 2.22. The number of ether oxygens (including phenoxy) is 1. The Morgan fingerprint density at radius 3 is 2.47 bits per heavy atom. The monoisotopic (exact) mass is 239 g/mol. The van der Waals surface area contributed by atoms with E-state index in [1.165, 1.54) is 0 Å². The molecule has 0 aliphatic heterocycles. The smallest absolute Gasteiger partial charge is 0.359 e. The minimum absolute atomic E-state index is 0.0533. The van der Waals surface area contributed by atoms with Crippen molar-refractivity contribution >= 4 is 11.7 Å². The van der Waals surface area contributed by atoms with Crippen molar-refractivity contribution in [3.63, 3.8) is 0 Å². The topological polar surface area (TPSA) is 70.1 Å². The molecule has 0 spiro atoms. The molecule has 1 rings (SSSR count). The number of carbonyl (C=O) groups is 1. The largest absolute Gasteiger partial charge is 0.458 e. The Labute approximate surface area is 102 Å². The molecule has 0 fully saturated rings. The van der Waals surface area contributed by atoms with Gasteiger partial charge in [0.05, 0.1) is 11.4 Å². The number of esters is 1. The molecular weight excluding hydrogens is 218 g/mol. The maximum atomic E-state index is 12.0. The van der Waals surface area contributed by atoms with Crippen molar-refractivity contribution < 1.29 is 9.53 Å². The number of hydrogen-bond acceptors (Lipinski definition) is 4. The summed E-state index contributed by atoms with van der Waals surface area (Å²) in [6.45, 7) is 8.29. The Hall–Kier alpha value is -1.52. The lowest BCUT2D eigenvalue weighted by molar-refractivity contribution is 0.0271. The lowest BCUT2D eigenvalue weighted by Gasteiger charge is -2.14. The second-order valence-corrected chi connectivity index (χ2v) is 4.01. The summed E-state index contributed by atoms with van der Waals surface area (Å²) in [6.07, 6.45) is 1.56. The van der Waals surface area contributed by atoms with Crippen LogP contribution in [-0.4, -0.2) is 21.9 Å². The fourth-order valence-electron chi connectivity index (χ4n) is 1.70. The summed E-state index contributed by atoms with van der Waals surface area (Å²) in [5.41, 5.74) is 7.32. The molecule has 17 heavy (non-hydrogen) atoms. The molecule has 1 aromatic heterocycles. The van der Waals surface area contributed by atoms with Gasteiger partial charge in [-0.05, 0) is 26.7 Å². The van der Waals surface area contributed by atoms with Crippen molar-refractivity contribution in [2.75, 3.05) is 5.73 Å². The average Bonchev–Trinajstić information content (AvgIpc) is 2.62. The third-order valence-electron chi connectivity index (χ3n) is 2.85. The van der Waals surface area contributed by atoms with E-state index in [-0.39, 0.29) is 12.1 Å². The Morgan fingerprint density at radius 2 is 2.00 bits per heavy atom. The summed E-state index contributed by atoms with van der Waals surface area (Å²) >= 11 is 0. The summed E-state index contributed by atoms with van der Waals surface area (Å²) in [7, 11) is 0. The fraction of sp³-hybridized carbons (Fsp3) is 0.667. The van der Waals surface area contributed by atoms with Crippen LogP contribution in [0.5, 0.6) is 0 Å². The van der Waals surface area contributed by atoms with E-state index in [1.807, 2.05) is 20.8 Å². The molecular formula is C12H21N3O2. The minimum Gasteiger partial charge on any atom is -0.458 e. The Bertz CT molecular complexity index is 395. The zero-order valence-corrected chi connectivity index (χ0v) is 11.0. The molecule has 0 radical (unpaired) electrons. The highest BCUT2D eigenvalue weighted by molar-refractivity contribution is 5.93. The van der Waals surface area contributed by atoms with Crippen LogP contribution in [-0.2, 0) is 11.3 Å². The lowest BCUT2D eigenvalue weighted by Crippen LogP contribution is -2.20. The standard InChI is InChI=1S/C12H21N3O2/c1-5-9(6-2)17-12(16)11-10(13)8(4)14-15(11)7-3/h9H,5-7,13H2,1-4H3. The molecule has 0 unspecified atom stereocenters. The maximum absolute atomic E-state index is 12.0. The van der Waals surface area contributed by atoms with Gasteiger partial charge in [-0.25, -0.2) is 4.79 Å². The van der Waals surface area contributed by atoms with Crippen LogP contribution >= 0.6 is 0 Å². The number of carbonyl (C=O) groups excluding carboxylic acids is 1. The quantitative estimate of drug-likeness (QED) is 0.799. The molecule has 1 heterocycles. The molecule has 0 aliphatic rings. The second-order valence-electron chi connectivity index (χ2n) is 4.01. The van der Waals surface area contributed by atoms with Gasteiger partial charge >= 0.3 is 5.97 Å². The van der Waals surface area contributed by atoms with E-state index in [4.69, 9.17) is 10.5 Å². The van der Waals surface area contributed by atoms with E-state index >= 15 is 0 Å². The van der Waals surface area contributed by atoms with E-state index in [0.717, 1.165) is 12.8 Å². The average molecular weight is 239 g/mol. The van der Waals surface area contributed by atoms with E-state index in [9.17, 15) is 4.79 Å². The van der Waals surface area contributed by atoms with Gasteiger partial charge in [0.2, 0.25) is 0 Å². The Morgan fingerprint density at radius 1 is 1.41 bits per heavy atom. The third kappa shape index (κ3) is 2.78. The van der Waals surface area contributed by atoms with Crippen LogP contribution in [0, 0.1) is 6.92 Å². The number of aromatic nitrogens is 2. The number of nitrogens with zero attached hydrogens (tertiary/aromatic N) is 2. The van der Waals surface area contributed by atoms with E-state index in [2.05, 4.69) is 5.10 Å². The van der Waals surface area contributed by atoms with Gasteiger partial charge in [-0.1, -0.05) is 13.8 Å². The normalized spacial score (nSPS) is 10.9. The molecule has 96 valence electrons. The molecule has 0 bridgehead atoms. The van der Waals surface area contributed by atoms with Gasteiger partial charge in [0.15, 0.2) is 5.69 Å². The number of nitrogens with two attached hydrogens (primary N) is 1. The van der Waals surface area contributed by atoms with Gasteiger partial charge in [0.25, 0.3) is 0 Å². The number of rotatable bonds is 5. The molecule has 1 aromatic rings. The SMILES string of the molecule is CCC(CC)OC(=O)c1c(N)c(C)nn1CC. The van der Waals surface area contributed by atoms with E-state index in [1.54, 1.807) is 11.6 Å². The third-order valence-corrected chi connectivity index (χ3v) is 2.85. The van der Waals surface area contributed by atoms with Crippen LogP contribution in [0.2, 0.25) is 0 Å². The zero-order valence-electron chi connectivity index (χ0n) is 11.0. The number of aryl methyl sites for hydroxylation is 2. The van der Waals surface area contributed by atoms with Crippen LogP contribution in [0.4, 0.5) is 5.69 Å².